The monoisotopic (exact) mass is 432 g/mol. The lowest BCUT2D eigenvalue weighted by Gasteiger charge is -2.26. The van der Waals surface area contributed by atoms with Gasteiger partial charge in [0.25, 0.3) is 5.91 Å². The van der Waals surface area contributed by atoms with Crippen LogP contribution < -0.4 is 20.9 Å². The van der Waals surface area contributed by atoms with Crippen LogP contribution >= 0.6 is 0 Å². The van der Waals surface area contributed by atoms with Gasteiger partial charge in [-0.2, -0.15) is 0 Å². The molecule has 3 N–H and O–H groups in total. The summed E-state index contributed by atoms with van der Waals surface area (Å²) in [5.41, 5.74) is 6.62. The van der Waals surface area contributed by atoms with Crippen LogP contribution in [0.25, 0.3) is 0 Å². The molecule has 1 aromatic carbocycles. The Morgan fingerprint density at radius 2 is 2.00 bits per heavy atom. The number of imide groups is 1. The molecular formula is C23H33FN4O3. The van der Waals surface area contributed by atoms with Gasteiger partial charge >= 0.3 is 6.03 Å². The van der Waals surface area contributed by atoms with Gasteiger partial charge in [-0.3, -0.25) is 15.5 Å². The standard InChI is InChI=1S/C23H33FN4O3/c1-16(2)15-31-19-14-17(8-9-18(19)24)23(10-11-23)27-25-12-6-5-7-13-28-21(30)26-20(29)22(28,3)4/h5,7-9,14,16,25,27H,6,10-13,15H2,1-4H3,(H,26,29,30)/b7-5+. The Balaban J connectivity index is 1.44. The Labute approximate surface area is 183 Å². The zero-order valence-corrected chi connectivity index (χ0v) is 18.8. The zero-order valence-electron chi connectivity index (χ0n) is 18.8. The number of carbonyl (C=O) groups is 2. The number of ether oxygens (including phenoxy) is 1. The average Bonchev–Trinajstić information content (AvgIpc) is 3.46. The first-order chi connectivity index (χ1) is 14.7. The van der Waals surface area contributed by atoms with Crippen molar-refractivity contribution in [3.05, 3.63) is 41.7 Å². The summed E-state index contributed by atoms with van der Waals surface area (Å²) in [7, 11) is 0. The molecule has 1 saturated carbocycles. The third-order valence-electron chi connectivity index (χ3n) is 5.72. The number of hydrogen-bond donors (Lipinski definition) is 3. The summed E-state index contributed by atoms with van der Waals surface area (Å²) in [6.45, 7) is 9.10. The molecule has 1 saturated heterocycles. The maximum Gasteiger partial charge on any atom is 0.325 e. The molecule has 3 amide bonds. The molecule has 7 nitrogen and oxygen atoms in total. The summed E-state index contributed by atoms with van der Waals surface area (Å²) in [4.78, 5) is 25.1. The number of hydrogen-bond acceptors (Lipinski definition) is 5. The van der Waals surface area contributed by atoms with Crippen LogP contribution in [-0.2, 0) is 10.3 Å². The number of amides is 3. The molecule has 8 heteroatoms. The fourth-order valence-corrected chi connectivity index (χ4v) is 3.47. The molecule has 0 radical (unpaired) electrons. The molecule has 0 spiro atoms. The highest BCUT2D eigenvalue weighted by atomic mass is 19.1. The molecule has 1 aromatic rings. The van der Waals surface area contributed by atoms with Gasteiger partial charge in [0.1, 0.15) is 5.54 Å². The van der Waals surface area contributed by atoms with E-state index in [4.69, 9.17) is 4.74 Å². The minimum Gasteiger partial charge on any atom is -0.490 e. The minimum atomic E-state index is -0.827. The molecule has 2 fully saturated rings. The van der Waals surface area contributed by atoms with Crippen LogP contribution in [0, 0.1) is 11.7 Å². The summed E-state index contributed by atoms with van der Waals surface area (Å²) in [5, 5.41) is 2.34. The van der Waals surface area contributed by atoms with E-state index in [1.165, 1.54) is 11.0 Å². The van der Waals surface area contributed by atoms with Crippen molar-refractivity contribution in [1.82, 2.24) is 21.1 Å². The number of hydrazine groups is 1. The predicted octanol–water partition coefficient (Wildman–Crippen LogP) is 3.22. The van der Waals surface area contributed by atoms with Crippen LogP contribution in [0.3, 0.4) is 0 Å². The number of nitrogens with zero attached hydrogens (tertiary/aromatic N) is 1. The smallest absolute Gasteiger partial charge is 0.325 e. The molecule has 1 aliphatic carbocycles. The van der Waals surface area contributed by atoms with Crippen molar-refractivity contribution in [1.29, 1.82) is 0 Å². The van der Waals surface area contributed by atoms with E-state index in [-0.39, 0.29) is 23.3 Å². The summed E-state index contributed by atoms with van der Waals surface area (Å²) in [6, 6.07) is 4.72. The minimum absolute atomic E-state index is 0.189. The molecule has 0 unspecified atom stereocenters. The third-order valence-corrected chi connectivity index (χ3v) is 5.72. The van der Waals surface area contributed by atoms with E-state index in [0.29, 0.717) is 31.4 Å². The van der Waals surface area contributed by atoms with Crippen LogP contribution in [0.15, 0.2) is 30.4 Å². The van der Waals surface area contributed by atoms with Crippen molar-refractivity contribution >= 4 is 11.9 Å². The van der Waals surface area contributed by atoms with Gasteiger partial charge in [-0.15, -0.1) is 0 Å². The van der Waals surface area contributed by atoms with Crippen molar-refractivity contribution in [3.8, 4) is 5.75 Å². The fraction of sp³-hybridized carbons (Fsp3) is 0.565. The molecule has 0 bridgehead atoms. The summed E-state index contributed by atoms with van der Waals surface area (Å²) < 4.78 is 19.7. The topological polar surface area (TPSA) is 82.7 Å². The summed E-state index contributed by atoms with van der Waals surface area (Å²) in [6.07, 6.45) is 6.58. The first-order valence-corrected chi connectivity index (χ1v) is 10.9. The number of halogens is 1. The van der Waals surface area contributed by atoms with E-state index in [1.54, 1.807) is 19.9 Å². The Bertz CT molecular complexity index is 849. The van der Waals surface area contributed by atoms with E-state index >= 15 is 0 Å². The van der Waals surface area contributed by atoms with Crippen LogP contribution in [0.4, 0.5) is 9.18 Å². The van der Waals surface area contributed by atoms with Crippen molar-refractivity contribution in [2.75, 3.05) is 19.7 Å². The number of carbonyl (C=O) groups excluding carboxylic acids is 2. The maximum absolute atomic E-state index is 14.0. The number of nitrogens with one attached hydrogen (secondary N) is 3. The van der Waals surface area contributed by atoms with Gasteiger partial charge in [0.15, 0.2) is 11.6 Å². The van der Waals surface area contributed by atoms with E-state index in [9.17, 15) is 14.0 Å². The number of rotatable bonds is 11. The van der Waals surface area contributed by atoms with Crippen LogP contribution in [0.5, 0.6) is 5.75 Å². The summed E-state index contributed by atoms with van der Waals surface area (Å²) >= 11 is 0. The van der Waals surface area contributed by atoms with Crippen LogP contribution in [-0.4, -0.2) is 42.1 Å². The normalized spacial score (nSPS) is 19.4. The largest absolute Gasteiger partial charge is 0.490 e. The second-order valence-corrected chi connectivity index (χ2v) is 9.17. The van der Waals surface area contributed by atoms with Crippen LogP contribution in [0.1, 0.15) is 52.5 Å². The van der Waals surface area contributed by atoms with E-state index < -0.39 is 5.54 Å². The number of benzene rings is 1. The first kappa shape index (κ1) is 23.2. The highest BCUT2D eigenvalue weighted by Gasteiger charge is 2.45. The van der Waals surface area contributed by atoms with E-state index in [0.717, 1.165) is 24.8 Å². The number of urea groups is 1. The van der Waals surface area contributed by atoms with Crippen molar-refractivity contribution in [3.63, 3.8) is 0 Å². The van der Waals surface area contributed by atoms with Gasteiger partial charge in [-0.25, -0.2) is 14.6 Å². The van der Waals surface area contributed by atoms with E-state index in [2.05, 4.69) is 16.2 Å². The van der Waals surface area contributed by atoms with Gasteiger partial charge in [-0.1, -0.05) is 32.1 Å². The SMILES string of the molecule is CC(C)COc1cc(C2(NNCC/C=C/CN3C(=O)NC(=O)C3(C)C)CC2)ccc1F. The molecule has 0 aromatic heterocycles. The lowest BCUT2D eigenvalue weighted by Crippen LogP contribution is -2.44. The van der Waals surface area contributed by atoms with Gasteiger partial charge in [0.05, 0.1) is 12.1 Å². The summed E-state index contributed by atoms with van der Waals surface area (Å²) in [5.74, 6) is 0.0201. The van der Waals surface area contributed by atoms with Crippen molar-refractivity contribution in [2.24, 2.45) is 5.92 Å². The Morgan fingerprint density at radius 3 is 2.61 bits per heavy atom. The molecule has 2 aliphatic rings. The highest BCUT2D eigenvalue weighted by molar-refractivity contribution is 6.06. The van der Waals surface area contributed by atoms with Gasteiger partial charge in [0, 0.05) is 13.1 Å². The van der Waals surface area contributed by atoms with Gasteiger partial charge in [-0.05, 0) is 56.7 Å². The second-order valence-electron chi connectivity index (χ2n) is 9.17. The molecule has 3 rings (SSSR count). The van der Waals surface area contributed by atoms with Crippen LogP contribution in [0.2, 0.25) is 0 Å². The molecule has 170 valence electrons. The Kier molecular flexibility index (Phi) is 7.01. The second kappa shape index (κ2) is 9.36. The highest BCUT2D eigenvalue weighted by Crippen LogP contribution is 2.46. The zero-order chi connectivity index (χ0) is 22.6. The molecule has 1 heterocycles. The lowest BCUT2D eigenvalue weighted by atomic mass is 10.0. The van der Waals surface area contributed by atoms with Gasteiger partial charge < -0.3 is 9.64 Å². The molecule has 31 heavy (non-hydrogen) atoms. The van der Waals surface area contributed by atoms with Crippen molar-refractivity contribution in [2.45, 2.75) is 58.0 Å². The Morgan fingerprint density at radius 1 is 1.26 bits per heavy atom. The molecular weight excluding hydrogens is 399 g/mol. The quantitative estimate of drug-likeness (QED) is 0.216. The molecule has 0 atom stereocenters. The maximum atomic E-state index is 14.0. The predicted molar refractivity (Wildman–Crippen MR) is 117 cm³/mol. The lowest BCUT2D eigenvalue weighted by molar-refractivity contribution is -0.124. The fourth-order valence-electron chi connectivity index (χ4n) is 3.47. The molecule has 1 aliphatic heterocycles. The van der Waals surface area contributed by atoms with Crippen molar-refractivity contribution < 1.29 is 18.7 Å². The average molecular weight is 433 g/mol. The van der Waals surface area contributed by atoms with Gasteiger partial charge in [0.2, 0.25) is 0 Å². The first-order valence-electron chi connectivity index (χ1n) is 10.9. The third kappa shape index (κ3) is 5.43. The Hall–Kier alpha value is -2.45. The van der Waals surface area contributed by atoms with E-state index in [1.807, 2.05) is 32.1 Å².